The number of methoxy groups -OCH3 is 1. The topological polar surface area (TPSA) is 116 Å². The minimum atomic E-state index is -3.48. The van der Waals surface area contributed by atoms with Crippen molar-refractivity contribution in [2.24, 2.45) is 11.7 Å². The molecule has 156 valence electrons. The Morgan fingerprint density at radius 1 is 1.10 bits per heavy atom. The number of carbonyl (C=O) groups is 2. The van der Waals surface area contributed by atoms with Crippen LogP contribution in [0.3, 0.4) is 0 Å². The van der Waals surface area contributed by atoms with Gasteiger partial charge in [0.2, 0.25) is 5.91 Å². The van der Waals surface area contributed by atoms with E-state index in [1.54, 1.807) is 12.1 Å². The number of benzene rings is 2. The van der Waals surface area contributed by atoms with Crippen LogP contribution in [0, 0.1) is 11.7 Å². The minimum absolute atomic E-state index is 0.000564. The lowest BCUT2D eigenvalue weighted by molar-refractivity contribution is -0.121. The third-order valence-corrected chi connectivity index (χ3v) is 6.03. The van der Waals surface area contributed by atoms with Crippen LogP contribution < -0.4 is 11.1 Å². The van der Waals surface area contributed by atoms with Crippen LogP contribution in [0.2, 0.25) is 0 Å². The maximum absolute atomic E-state index is 13.0. The molecule has 1 atom stereocenters. The Morgan fingerprint density at radius 2 is 1.72 bits per heavy atom. The van der Waals surface area contributed by atoms with Gasteiger partial charge in [-0.2, -0.15) is 0 Å². The van der Waals surface area contributed by atoms with E-state index in [0.717, 1.165) is 5.56 Å². The molecule has 2 aromatic carbocycles. The van der Waals surface area contributed by atoms with Gasteiger partial charge in [-0.3, -0.25) is 9.59 Å². The van der Waals surface area contributed by atoms with Crippen molar-refractivity contribution in [3.63, 3.8) is 0 Å². The number of ether oxygens (including phenoxy) is 1. The first kappa shape index (κ1) is 22.5. The van der Waals surface area contributed by atoms with Gasteiger partial charge in [-0.15, -0.1) is 0 Å². The lowest BCUT2D eigenvalue weighted by Crippen LogP contribution is -2.37. The Hall–Kier alpha value is -2.78. The second-order valence-electron chi connectivity index (χ2n) is 6.48. The first-order chi connectivity index (χ1) is 13.7. The number of nitrogens with two attached hydrogens (primary N) is 1. The summed E-state index contributed by atoms with van der Waals surface area (Å²) in [5.74, 6) is -2.26. The molecular weight excluding hydrogens is 399 g/mol. The molecule has 0 aliphatic rings. The molecule has 2 rings (SSSR count). The fourth-order valence-corrected chi connectivity index (χ4v) is 3.79. The van der Waals surface area contributed by atoms with E-state index in [1.165, 1.54) is 43.5 Å². The average Bonchev–Trinajstić information content (AvgIpc) is 2.70. The zero-order chi connectivity index (χ0) is 21.4. The minimum Gasteiger partial charge on any atom is -0.384 e. The zero-order valence-electron chi connectivity index (χ0n) is 15.9. The summed E-state index contributed by atoms with van der Waals surface area (Å²) in [6.07, 6.45) is 0.257. The molecule has 0 heterocycles. The first-order valence-corrected chi connectivity index (χ1v) is 10.5. The van der Waals surface area contributed by atoms with E-state index in [9.17, 15) is 22.4 Å². The molecule has 0 fully saturated rings. The van der Waals surface area contributed by atoms with Crippen molar-refractivity contribution in [3.8, 4) is 0 Å². The smallest absolute Gasteiger partial charge is 0.251 e. The Kier molecular flexibility index (Phi) is 7.86. The predicted molar refractivity (Wildman–Crippen MR) is 105 cm³/mol. The zero-order valence-corrected chi connectivity index (χ0v) is 16.7. The predicted octanol–water partition coefficient (Wildman–Crippen LogP) is 1.32. The molecule has 0 saturated carbocycles. The number of hydrogen-bond acceptors (Lipinski definition) is 5. The van der Waals surface area contributed by atoms with E-state index in [0.29, 0.717) is 0 Å². The summed E-state index contributed by atoms with van der Waals surface area (Å²) in [7, 11) is -2.07. The van der Waals surface area contributed by atoms with Gasteiger partial charge in [0.1, 0.15) is 5.82 Å². The molecule has 0 aromatic heterocycles. The summed E-state index contributed by atoms with van der Waals surface area (Å²) in [4.78, 5) is 24.1. The van der Waals surface area contributed by atoms with Crippen LogP contribution in [0.15, 0.2) is 53.4 Å². The molecule has 3 N–H and O–H groups in total. The van der Waals surface area contributed by atoms with Crippen LogP contribution in [-0.2, 0) is 25.8 Å². The summed E-state index contributed by atoms with van der Waals surface area (Å²) in [5.41, 5.74) is 6.37. The fraction of sp³-hybridized carbons (Fsp3) is 0.300. The second-order valence-corrected chi connectivity index (χ2v) is 8.59. The van der Waals surface area contributed by atoms with Crippen molar-refractivity contribution in [3.05, 3.63) is 65.5 Å². The molecule has 0 saturated heterocycles. The molecular formula is C20H23FN2O5S. The number of primary amides is 1. The number of halogens is 1. The van der Waals surface area contributed by atoms with Crippen LogP contribution in [0.4, 0.5) is 4.39 Å². The van der Waals surface area contributed by atoms with Gasteiger partial charge in [0.15, 0.2) is 9.84 Å². The molecule has 0 radical (unpaired) electrons. The number of rotatable bonds is 10. The highest BCUT2D eigenvalue weighted by atomic mass is 32.2. The van der Waals surface area contributed by atoms with Gasteiger partial charge in [0, 0.05) is 19.2 Å². The first-order valence-electron chi connectivity index (χ1n) is 8.86. The largest absolute Gasteiger partial charge is 0.384 e. The molecule has 0 aliphatic carbocycles. The lowest BCUT2D eigenvalue weighted by atomic mass is 9.98. The Balaban J connectivity index is 1.99. The summed E-state index contributed by atoms with van der Waals surface area (Å²) >= 11 is 0. The molecule has 0 bridgehead atoms. The van der Waals surface area contributed by atoms with E-state index < -0.39 is 27.6 Å². The van der Waals surface area contributed by atoms with E-state index >= 15 is 0 Å². The molecule has 1 unspecified atom stereocenters. The SMILES string of the molecule is COCCS(=O)(=O)c1ccc(C(=O)NCC(Cc2ccc(F)cc2)C(N)=O)cc1. The third-order valence-electron chi connectivity index (χ3n) is 4.34. The van der Waals surface area contributed by atoms with Crippen molar-refractivity contribution >= 4 is 21.7 Å². The normalized spacial score (nSPS) is 12.3. The molecule has 0 aliphatic heterocycles. The molecule has 2 aromatic rings. The quantitative estimate of drug-likeness (QED) is 0.599. The highest BCUT2D eigenvalue weighted by Crippen LogP contribution is 2.13. The van der Waals surface area contributed by atoms with Crippen molar-refractivity contribution in [1.29, 1.82) is 0 Å². The van der Waals surface area contributed by atoms with Gasteiger partial charge in [-0.05, 0) is 48.4 Å². The van der Waals surface area contributed by atoms with Crippen molar-refractivity contribution in [2.75, 3.05) is 26.0 Å². The molecule has 0 spiro atoms. The van der Waals surface area contributed by atoms with Crippen LogP contribution in [-0.4, -0.2) is 46.2 Å². The monoisotopic (exact) mass is 422 g/mol. The van der Waals surface area contributed by atoms with Crippen LogP contribution in [0.1, 0.15) is 15.9 Å². The van der Waals surface area contributed by atoms with Crippen molar-refractivity contribution in [2.45, 2.75) is 11.3 Å². The lowest BCUT2D eigenvalue weighted by Gasteiger charge is -2.15. The molecule has 7 nitrogen and oxygen atoms in total. The Labute approximate surface area is 169 Å². The molecule has 29 heavy (non-hydrogen) atoms. The molecule has 2 amide bonds. The van der Waals surface area contributed by atoms with Crippen molar-refractivity contribution in [1.82, 2.24) is 5.32 Å². The average molecular weight is 422 g/mol. The van der Waals surface area contributed by atoms with Gasteiger partial charge in [0.05, 0.1) is 23.2 Å². The van der Waals surface area contributed by atoms with Gasteiger partial charge in [-0.25, -0.2) is 12.8 Å². The number of sulfone groups is 1. The second kappa shape index (κ2) is 10.1. The number of hydrogen-bond donors (Lipinski definition) is 2. The van der Waals surface area contributed by atoms with E-state index in [2.05, 4.69) is 5.32 Å². The number of carbonyl (C=O) groups excluding carboxylic acids is 2. The van der Waals surface area contributed by atoms with Crippen LogP contribution >= 0.6 is 0 Å². The highest BCUT2D eigenvalue weighted by molar-refractivity contribution is 7.91. The fourth-order valence-electron chi connectivity index (χ4n) is 2.62. The number of nitrogens with one attached hydrogen (secondary N) is 1. The van der Waals surface area contributed by atoms with Gasteiger partial charge in [-0.1, -0.05) is 12.1 Å². The van der Waals surface area contributed by atoms with Crippen molar-refractivity contribution < 1.29 is 27.1 Å². The van der Waals surface area contributed by atoms with E-state index in [-0.39, 0.29) is 41.6 Å². The standard InChI is InChI=1S/C20H23FN2O5S/c1-28-10-11-29(26,27)18-8-4-15(5-9-18)20(25)23-13-16(19(22)24)12-14-2-6-17(21)7-3-14/h2-9,16H,10-13H2,1H3,(H2,22,24)(H,23,25). The summed E-state index contributed by atoms with van der Waals surface area (Å²) < 4.78 is 42.0. The van der Waals surface area contributed by atoms with Crippen LogP contribution in [0.25, 0.3) is 0 Å². The molecule has 9 heteroatoms. The number of amides is 2. The maximum Gasteiger partial charge on any atom is 0.251 e. The summed E-state index contributed by atoms with van der Waals surface area (Å²) in [6.45, 7) is 0.0760. The third kappa shape index (κ3) is 6.65. The van der Waals surface area contributed by atoms with Gasteiger partial charge < -0.3 is 15.8 Å². The summed E-state index contributed by atoms with van der Waals surface area (Å²) in [6, 6.07) is 11.2. The highest BCUT2D eigenvalue weighted by Gasteiger charge is 2.19. The van der Waals surface area contributed by atoms with Gasteiger partial charge in [0.25, 0.3) is 5.91 Å². The van der Waals surface area contributed by atoms with Crippen LogP contribution in [0.5, 0.6) is 0 Å². The van der Waals surface area contributed by atoms with Gasteiger partial charge >= 0.3 is 0 Å². The maximum atomic E-state index is 13.0. The van der Waals surface area contributed by atoms with E-state index in [1.807, 2.05) is 0 Å². The van der Waals surface area contributed by atoms with E-state index in [4.69, 9.17) is 10.5 Å². The summed E-state index contributed by atoms with van der Waals surface area (Å²) in [5, 5.41) is 2.62. The Bertz CT molecular complexity index is 944. The Morgan fingerprint density at radius 3 is 2.28 bits per heavy atom.